The van der Waals surface area contributed by atoms with E-state index in [2.05, 4.69) is 20.8 Å². The molecular weight excluding hydrogens is 334 g/mol. The second-order valence-corrected chi connectivity index (χ2v) is 5.90. The lowest BCUT2D eigenvalue weighted by atomic mass is 10.1. The summed E-state index contributed by atoms with van der Waals surface area (Å²) in [6.45, 7) is 3.02. The van der Waals surface area contributed by atoms with Crippen LogP contribution in [0, 0.1) is 0 Å². The van der Waals surface area contributed by atoms with Crippen molar-refractivity contribution in [2.24, 2.45) is 0 Å². The van der Waals surface area contributed by atoms with Crippen LogP contribution in [0.3, 0.4) is 0 Å². The first-order chi connectivity index (χ1) is 12.7. The highest BCUT2D eigenvalue weighted by molar-refractivity contribution is 5.94. The van der Waals surface area contributed by atoms with Crippen molar-refractivity contribution in [3.8, 4) is 17.2 Å². The molecule has 4 rings (SSSR count). The average molecular weight is 351 g/mol. The van der Waals surface area contributed by atoms with Gasteiger partial charge in [0.1, 0.15) is 19.5 Å². The molecule has 0 spiro atoms. The van der Waals surface area contributed by atoms with E-state index in [1.54, 1.807) is 24.3 Å². The number of nitrogens with zero attached hydrogens (tertiary/aromatic N) is 4. The summed E-state index contributed by atoms with van der Waals surface area (Å²) in [6.07, 6.45) is 1.50. The molecule has 1 aromatic heterocycles. The fourth-order valence-electron chi connectivity index (χ4n) is 2.74. The molecular formula is C18H17N5O3. The number of ether oxygens (including phenoxy) is 2. The maximum absolute atomic E-state index is 12.5. The van der Waals surface area contributed by atoms with E-state index in [1.807, 2.05) is 25.1 Å². The average Bonchev–Trinajstić information content (AvgIpc) is 3.22. The van der Waals surface area contributed by atoms with E-state index >= 15 is 0 Å². The second-order valence-electron chi connectivity index (χ2n) is 5.90. The molecule has 0 radical (unpaired) electrons. The van der Waals surface area contributed by atoms with Crippen LogP contribution in [-0.4, -0.2) is 39.3 Å². The van der Waals surface area contributed by atoms with Crippen molar-refractivity contribution in [3.05, 3.63) is 59.9 Å². The van der Waals surface area contributed by atoms with Crippen LogP contribution in [0.1, 0.15) is 28.9 Å². The fourth-order valence-corrected chi connectivity index (χ4v) is 2.74. The lowest BCUT2D eigenvalue weighted by Gasteiger charge is -2.21. The minimum Gasteiger partial charge on any atom is -0.486 e. The molecule has 0 bridgehead atoms. The summed E-state index contributed by atoms with van der Waals surface area (Å²) in [7, 11) is 0. The molecule has 1 amide bonds. The van der Waals surface area contributed by atoms with E-state index < -0.39 is 0 Å². The predicted molar refractivity (Wildman–Crippen MR) is 92.5 cm³/mol. The zero-order chi connectivity index (χ0) is 17.9. The molecule has 1 aliphatic rings. The number of nitrogens with one attached hydrogen (secondary N) is 1. The first-order valence-corrected chi connectivity index (χ1v) is 8.24. The van der Waals surface area contributed by atoms with E-state index in [1.165, 1.54) is 11.0 Å². The summed E-state index contributed by atoms with van der Waals surface area (Å²) in [5, 5.41) is 14.0. The van der Waals surface area contributed by atoms with Gasteiger partial charge in [0.25, 0.3) is 5.91 Å². The van der Waals surface area contributed by atoms with Gasteiger partial charge in [-0.25, -0.2) is 4.68 Å². The minimum atomic E-state index is -0.169. The first-order valence-electron chi connectivity index (χ1n) is 8.24. The van der Waals surface area contributed by atoms with Gasteiger partial charge in [-0.2, -0.15) is 0 Å². The van der Waals surface area contributed by atoms with Gasteiger partial charge in [-0.3, -0.25) is 4.79 Å². The summed E-state index contributed by atoms with van der Waals surface area (Å²) in [5.74, 6) is 1.29. The van der Waals surface area contributed by atoms with Crippen LogP contribution < -0.4 is 14.8 Å². The van der Waals surface area contributed by atoms with Gasteiger partial charge in [-0.15, -0.1) is 5.10 Å². The molecule has 1 atom stereocenters. The molecule has 1 N–H and O–H groups in total. The van der Waals surface area contributed by atoms with Gasteiger partial charge in [0, 0.05) is 5.56 Å². The van der Waals surface area contributed by atoms with Crippen LogP contribution in [0.5, 0.6) is 11.5 Å². The Bertz CT molecular complexity index is 909. The number of benzene rings is 2. The Morgan fingerprint density at radius 1 is 1.12 bits per heavy atom. The molecule has 0 saturated carbocycles. The molecule has 26 heavy (non-hydrogen) atoms. The van der Waals surface area contributed by atoms with Crippen molar-refractivity contribution in [1.82, 2.24) is 25.5 Å². The SMILES string of the molecule is CC(NC(=O)c1ccc(-n2cnnn2)cc1)c1ccc2c(c1)OCCO2. The molecule has 8 heteroatoms. The molecule has 0 saturated heterocycles. The summed E-state index contributed by atoms with van der Waals surface area (Å²) < 4.78 is 12.6. The van der Waals surface area contributed by atoms with E-state index in [4.69, 9.17) is 9.47 Å². The zero-order valence-electron chi connectivity index (χ0n) is 14.1. The van der Waals surface area contributed by atoms with Crippen molar-refractivity contribution in [1.29, 1.82) is 0 Å². The molecule has 1 unspecified atom stereocenters. The molecule has 8 nitrogen and oxygen atoms in total. The normalized spacial score (nSPS) is 13.9. The third-order valence-corrected chi connectivity index (χ3v) is 4.16. The largest absolute Gasteiger partial charge is 0.486 e. The topological polar surface area (TPSA) is 91.2 Å². The highest BCUT2D eigenvalue weighted by Gasteiger charge is 2.16. The number of hydrogen-bond acceptors (Lipinski definition) is 6. The first kappa shape index (κ1) is 16.1. The molecule has 3 aromatic rings. The van der Waals surface area contributed by atoms with Crippen LogP contribution >= 0.6 is 0 Å². The van der Waals surface area contributed by atoms with Gasteiger partial charge in [0.05, 0.1) is 11.7 Å². The predicted octanol–water partition coefficient (Wildman–Crippen LogP) is 1.92. The Morgan fingerprint density at radius 2 is 1.88 bits per heavy atom. The maximum Gasteiger partial charge on any atom is 0.251 e. The molecule has 132 valence electrons. The standard InChI is InChI=1S/C18H17N5O3/c1-12(14-4-7-16-17(10-14)26-9-8-25-16)20-18(24)13-2-5-15(6-3-13)23-11-19-21-22-23/h2-7,10-12H,8-9H2,1H3,(H,20,24). The number of hydrogen-bond donors (Lipinski definition) is 1. The second kappa shape index (κ2) is 6.83. The smallest absolute Gasteiger partial charge is 0.251 e. The molecule has 0 fully saturated rings. The lowest BCUT2D eigenvalue weighted by molar-refractivity contribution is 0.0939. The number of amides is 1. The van der Waals surface area contributed by atoms with Crippen LogP contribution in [0.4, 0.5) is 0 Å². The molecule has 2 aromatic carbocycles. The van der Waals surface area contributed by atoms with Crippen molar-refractivity contribution in [3.63, 3.8) is 0 Å². The Morgan fingerprint density at radius 3 is 2.62 bits per heavy atom. The zero-order valence-corrected chi connectivity index (χ0v) is 14.1. The third-order valence-electron chi connectivity index (χ3n) is 4.16. The summed E-state index contributed by atoms with van der Waals surface area (Å²) >= 11 is 0. The van der Waals surface area contributed by atoms with Crippen molar-refractivity contribution >= 4 is 5.91 Å². The summed E-state index contributed by atoms with van der Waals surface area (Å²) in [6, 6.07) is 12.6. The van der Waals surface area contributed by atoms with Crippen molar-refractivity contribution in [2.45, 2.75) is 13.0 Å². The Labute approximate surface area is 149 Å². The van der Waals surface area contributed by atoms with Gasteiger partial charge in [0.15, 0.2) is 11.5 Å². The highest BCUT2D eigenvalue weighted by Crippen LogP contribution is 2.32. The van der Waals surface area contributed by atoms with Gasteiger partial charge in [-0.1, -0.05) is 6.07 Å². The quantitative estimate of drug-likeness (QED) is 0.772. The van der Waals surface area contributed by atoms with E-state index in [0.717, 1.165) is 17.0 Å². The number of aromatic nitrogens is 4. The van der Waals surface area contributed by atoms with Crippen molar-refractivity contribution < 1.29 is 14.3 Å². The highest BCUT2D eigenvalue weighted by atomic mass is 16.6. The van der Waals surface area contributed by atoms with Gasteiger partial charge in [-0.05, 0) is 59.3 Å². The molecule has 1 aliphatic heterocycles. The number of fused-ring (bicyclic) bond motifs is 1. The maximum atomic E-state index is 12.5. The van der Waals surface area contributed by atoms with Crippen LogP contribution in [0.2, 0.25) is 0 Å². The van der Waals surface area contributed by atoms with E-state index in [9.17, 15) is 4.79 Å². The van der Waals surface area contributed by atoms with Crippen molar-refractivity contribution in [2.75, 3.05) is 13.2 Å². The minimum absolute atomic E-state index is 0.157. The summed E-state index contributed by atoms with van der Waals surface area (Å²) in [4.78, 5) is 12.5. The van der Waals surface area contributed by atoms with Crippen LogP contribution in [-0.2, 0) is 0 Å². The van der Waals surface area contributed by atoms with Gasteiger partial charge >= 0.3 is 0 Å². The van der Waals surface area contributed by atoms with Gasteiger partial charge in [0.2, 0.25) is 0 Å². The monoisotopic (exact) mass is 351 g/mol. The summed E-state index contributed by atoms with van der Waals surface area (Å²) in [5.41, 5.74) is 2.30. The van der Waals surface area contributed by atoms with E-state index in [0.29, 0.717) is 24.5 Å². The van der Waals surface area contributed by atoms with E-state index in [-0.39, 0.29) is 11.9 Å². The molecule has 0 aliphatic carbocycles. The number of rotatable bonds is 4. The molecule has 2 heterocycles. The number of tetrazole rings is 1. The van der Waals surface area contributed by atoms with Crippen LogP contribution in [0.25, 0.3) is 5.69 Å². The van der Waals surface area contributed by atoms with Crippen LogP contribution in [0.15, 0.2) is 48.8 Å². The van der Waals surface area contributed by atoms with Gasteiger partial charge < -0.3 is 14.8 Å². The third kappa shape index (κ3) is 3.21. The lowest BCUT2D eigenvalue weighted by Crippen LogP contribution is -2.26. The number of carbonyl (C=O) groups is 1. The fraction of sp³-hybridized carbons (Fsp3) is 0.222. The Hall–Kier alpha value is -3.42. The number of carbonyl (C=O) groups excluding carboxylic acids is 1. The Balaban J connectivity index is 1.45. The Kier molecular flexibility index (Phi) is 4.22.